The Bertz CT molecular complexity index is 1020. The SMILES string of the molecule is CNc1nc(C)nc(N[C@H]2CCC[C@@H](C(=O)NCc3ccc(C#N)cc3C(F)(F)F)C2)n1. The van der Waals surface area contributed by atoms with Crippen molar-refractivity contribution in [2.24, 2.45) is 5.92 Å². The second-order valence-corrected chi connectivity index (χ2v) is 7.68. The van der Waals surface area contributed by atoms with Gasteiger partial charge in [-0.25, -0.2) is 0 Å². The highest BCUT2D eigenvalue weighted by atomic mass is 19.4. The molecule has 1 aliphatic carbocycles. The average Bonchev–Trinajstić information content (AvgIpc) is 2.76. The van der Waals surface area contributed by atoms with Crippen LogP contribution in [0.15, 0.2) is 18.2 Å². The van der Waals surface area contributed by atoms with Gasteiger partial charge in [-0.1, -0.05) is 12.5 Å². The molecule has 1 aromatic carbocycles. The van der Waals surface area contributed by atoms with Crippen LogP contribution in [-0.2, 0) is 17.5 Å². The maximum atomic E-state index is 13.3. The molecule has 170 valence electrons. The number of nitrogens with one attached hydrogen (secondary N) is 3. The minimum atomic E-state index is -4.61. The predicted octanol–water partition coefficient (Wildman–Crippen LogP) is 3.40. The fourth-order valence-electron chi connectivity index (χ4n) is 3.79. The number of aryl methyl sites for hydroxylation is 1. The van der Waals surface area contributed by atoms with Gasteiger partial charge in [-0.3, -0.25) is 4.79 Å². The molecule has 1 aliphatic rings. The van der Waals surface area contributed by atoms with Gasteiger partial charge < -0.3 is 16.0 Å². The van der Waals surface area contributed by atoms with Crippen LogP contribution in [0.25, 0.3) is 0 Å². The van der Waals surface area contributed by atoms with Crippen LogP contribution in [0.3, 0.4) is 0 Å². The molecular formula is C21H24F3N7O. The number of amides is 1. The molecule has 0 aliphatic heterocycles. The molecule has 0 unspecified atom stereocenters. The molecule has 1 fully saturated rings. The normalized spacial score (nSPS) is 18.5. The van der Waals surface area contributed by atoms with Crippen LogP contribution in [0.5, 0.6) is 0 Å². The summed E-state index contributed by atoms with van der Waals surface area (Å²) in [5, 5.41) is 17.6. The van der Waals surface area contributed by atoms with Crippen LogP contribution >= 0.6 is 0 Å². The first-order chi connectivity index (χ1) is 15.2. The van der Waals surface area contributed by atoms with E-state index in [-0.39, 0.29) is 35.5 Å². The third-order valence-electron chi connectivity index (χ3n) is 5.35. The Balaban J connectivity index is 1.63. The van der Waals surface area contributed by atoms with Gasteiger partial charge in [0.15, 0.2) is 0 Å². The molecule has 0 spiro atoms. The molecule has 3 rings (SSSR count). The Hall–Kier alpha value is -3.42. The van der Waals surface area contributed by atoms with E-state index in [0.717, 1.165) is 18.9 Å². The summed E-state index contributed by atoms with van der Waals surface area (Å²) >= 11 is 0. The van der Waals surface area contributed by atoms with Gasteiger partial charge in [0.1, 0.15) is 5.82 Å². The molecule has 0 saturated heterocycles. The van der Waals surface area contributed by atoms with Gasteiger partial charge in [-0.15, -0.1) is 0 Å². The second kappa shape index (κ2) is 9.80. The van der Waals surface area contributed by atoms with Crippen LogP contribution in [0, 0.1) is 24.2 Å². The van der Waals surface area contributed by atoms with Crippen LogP contribution in [0.4, 0.5) is 25.1 Å². The van der Waals surface area contributed by atoms with Gasteiger partial charge in [-0.05, 0) is 43.9 Å². The maximum absolute atomic E-state index is 13.3. The second-order valence-electron chi connectivity index (χ2n) is 7.68. The highest BCUT2D eigenvalue weighted by molar-refractivity contribution is 5.78. The lowest BCUT2D eigenvalue weighted by Gasteiger charge is -2.29. The van der Waals surface area contributed by atoms with Crippen molar-refractivity contribution in [1.29, 1.82) is 5.26 Å². The van der Waals surface area contributed by atoms with Crippen molar-refractivity contribution in [3.05, 3.63) is 40.7 Å². The van der Waals surface area contributed by atoms with Crippen molar-refractivity contribution in [2.75, 3.05) is 17.7 Å². The fourth-order valence-corrected chi connectivity index (χ4v) is 3.79. The number of rotatable bonds is 6. The van der Waals surface area contributed by atoms with Gasteiger partial charge in [0.25, 0.3) is 0 Å². The van der Waals surface area contributed by atoms with Crippen LogP contribution in [0.2, 0.25) is 0 Å². The molecule has 0 bridgehead atoms. The molecule has 3 N–H and O–H groups in total. The van der Waals surface area contributed by atoms with E-state index in [1.165, 1.54) is 12.1 Å². The Morgan fingerprint density at radius 2 is 1.97 bits per heavy atom. The standard InChI is InChI=1S/C21H24F3N7O/c1-12-28-19(26-2)31-20(29-12)30-16-5-3-4-14(9-16)18(32)27-11-15-7-6-13(10-25)8-17(15)21(22,23)24/h6-8,14,16H,3-5,9,11H2,1-2H3,(H,27,32)(H2,26,28,29,30,31)/t14-,16+/m1/s1. The first kappa shape index (κ1) is 23.2. The summed E-state index contributed by atoms with van der Waals surface area (Å²) in [5.41, 5.74) is -1.07. The van der Waals surface area contributed by atoms with Crippen LogP contribution in [0.1, 0.15) is 48.2 Å². The average molecular weight is 447 g/mol. The molecule has 11 heteroatoms. The number of anilines is 2. The Kier molecular flexibility index (Phi) is 7.12. The zero-order valence-electron chi connectivity index (χ0n) is 17.8. The molecule has 1 heterocycles. The number of carbonyl (C=O) groups is 1. The molecule has 1 aromatic heterocycles. The van der Waals surface area contributed by atoms with Crippen molar-refractivity contribution in [1.82, 2.24) is 20.3 Å². The zero-order chi connectivity index (χ0) is 23.3. The monoisotopic (exact) mass is 447 g/mol. The number of hydrogen-bond acceptors (Lipinski definition) is 7. The fraction of sp³-hybridized carbons (Fsp3) is 0.476. The molecule has 1 amide bonds. The Morgan fingerprint density at radius 1 is 1.22 bits per heavy atom. The molecular weight excluding hydrogens is 423 g/mol. The third kappa shape index (κ3) is 5.84. The minimum absolute atomic E-state index is 0.0355. The van der Waals surface area contributed by atoms with Gasteiger partial charge in [0, 0.05) is 25.6 Å². The van der Waals surface area contributed by atoms with Gasteiger partial charge >= 0.3 is 6.18 Å². The minimum Gasteiger partial charge on any atom is -0.357 e. The smallest absolute Gasteiger partial charge is 0.357 e. The molecule has 2 aromatic rings. The number of hydrogen-bond donors (Lipinski definition) is 3. The van der Waals surface area contributed by atoms with Crippen LogP contribution in [-0.4, -0.2) is 33.9 Å². The molecule has 8 nitrogen and oxygen atoms in total. The Morgan fingerprint density at radius 3 is 2.66 bits per heavy atom. The van der Waals surface area contributed by atoms with E-state index in [9.17, 15) is 18.0 Å². The van der Waals surface area contributed by atoms with Crippen molar-refractivity contribution < 1.29 is 18.0 Å². The van der Waals surface area contributed by atoms with Crippen molar-refractivity contribution >= 4 is 17.8 Å². The van der Waals surface area contributed by atoms with E-state index < -0.39 is 11.7 Å². The molecule has 2 atom stereocenters. The lowest BCUT2D eigenvalue weighted by molar-refractivity contribution is -0.138. The molecule has 32 heavy (non-hydrogen) atoms. The number of aromatic nitrogens is 3. The number of alkyl halides is 3. The van der Waals surface area contributed by atoms with Crippen molar-refractivity contribution in [2.45, 2.75) is 51.4 Å². The number of nitriles is 1. The van der Waals surface area contributed by atoms with Crippen molar-refractivity contribution in [3.8, 4) is 6.07 Å². The maximum Gasteiger partial charge on any atom is 0.416 e. The highest BCUT2D eigenvalue weighted by Crippen LogP contribution is 2.33. The molecule has 1 saturated carbocycles. The summed E-state index contributed by atoms with van der Waals surface area (Å²) in [6.45, 7) is 1.50. The Labute approximate surface area is 183 Å². The van der Waals surface area contributed by atoms with Gasteiger partial charge in [-0.2, -0.15) is 33.4 Å². The lowest BCUT2D eigenvalue weighted by atomic mass is 9.85. The summed E-state index contributed by atoms with van der Waals surface area (Å²) in [7, 11) is 1.71. The van der Waals surface area contributed by atoms with E-state index in [4.69, 9.17) is 5.26 Å². The van der Waals surface area contributed by atoms with E-state index in [1.54, 1.807) is 20.0 Å². The predicted molar refractivity (Wildman–Crippen MR) is 111 cm³/mol. The summed E-state index contributed by atoms with van der Waals surface area (Å²) < 4.78 is 40.0. The van der Waals surface area contributed by atoms with E-state index in [1.807, 2.05) is 0 Å². The number of benzene rings is 1. The number of halogens is 3. The quantitative estimate of drug-likeness (QED) is 0.622. The van der Waals surface area contributed by atoms with Gasteiger partial charge in [0.2, 0.25) is 17.8 Å². The summed E-state index contributed by atoms with van der Waals surface area (Å²) in [5.74, 6) is 0.783. The topological polar surface area (TPSA) is 116 Å². The summed E-state index contributed by atoms with van der Waals surface area (Å²) in [4.78, 5) is 25.4. The first-order valence-electron chi connectivity index (χ1n) is 10.2. The summed E-state index contributed by atoms with van der Waals surface area (Å²) in [6.07, 6.45) is -1.81. The van der Waals surface area contributed by atoms with E-state index in [0.29, 0.717) is 30.6 Å². The van der Waals surface area contributed by atoms with Crippen LogP contribution < -0.4 is 16.0 Å². The largest absolute Gasteiger partial charge is 0.416 e. The lowest BCUT2D eigenvalue weighted by Crippen LogP contribution is -2.37. The van der Waals surface area contributed by atoms with Crippen molar-refractivity contribution in [3.63, 3.8) is 0 Å². The summed E-state index contributed by atoms with van der Waals surface area (Å²) in [6, 6.07) is 5.02. The number of nitrogens with zero attached hydrogens (tertiary/aromatic N) is 4. The first-order valence-corrected chi connectivity index (χ1v) is 10.2. The van der Waals surface area contributed by atoms with E-state index >= 15 is 0 Å². The zero-order valence-corrected chi connectivity index (χ0v) is 17.8. The molecule has 0 radical (unpaired) electrons. The highest BCUT2D eigenvalue weighted by Gasteiger charge is 2.34. The van der Waals surface area contributed by atoms with E-state index in [2.05, 4.69) is 30.9 Å². The number of carbonyl (C=O) groups excluding carboxylic acids is 1. The third-order valence-corrected chi connectivity index (χ3v) is 5.35. The van der Waals surface area contributed by atoms with Gasteiger partial charge in [0.05, 0.1) is 17.2 Å².